The van der Waals surface area contributed by atoms with Crippen LogP contribution in [0.4, 0.5) is 0 Å². The van der Waals surface area contributed by atoms with Gasteiger partial charge in [0.05, 0.1) is 7.11 Å². The lowest BCUT2D eigenvalue weighted by molar-refractivity contribution is 0.0659. The molecule has 1 aromatic carbocycles. The van der Waals surface area contributed by atoms with Gasteiger partial charge >= 0.3 is 0 Å². The van der Waals surface area contributed by atoms with Crippen LogP contribution in [0.15, 0.2) is 24.3 Å². The summed E-state index contributed by atoms with van der Waals surface area (Å²) < 4.78 is 5.20. The Hall–Kier alpha value is -2.01. The number of carbonyl (C=O) groups excluding carboxylic acids is 1. The third kappa shape index (κ3) is 2.36. The number of H-pyrrole nitrogens is 1. The number of nitrogens with one attached hydrogen (secondary N) is 1. The van der Waals surface area contributed by atoms with Crippen molar-refractivity contribution in [2.75, 3.05) is 40.3 Å². The van der Waals surface area contributed by atoms with Crippen LogP contribution >= 0.6 is 0 Å². The quantitative estimate of drug-likeness (QED) is 0.903. The van der Waals surface area contributed by atoms with Crippen molar-refractivity contribution in [1.82, 2.24) is 14.8 Å². The van der Waals surface area contributed by atoms with Crippen LogP contribution in [0.3, 0.4) is 0 Å². The minimum absolute atomic E-state index is 0.0771. The van der Waals surface area contributed by atoms with Crippen molar-refractivity contribution in [3.05, 3.63) is 30.0 Å². The first-order valence-electron chi connectivity index (χ1n) is 6.82. The summed E-state index contributed by atoms with van der Waals surface area (Å²) in [5.41, 5.74) is 1.58. The molecule has 2 heterocycles. The van der Waals surface area contributed by atoms with E-state index in [0.717, 1.165) is 42.8 Å². The number of hydrogen-bond donors (Lipinski definition) is 1. The Labute approximate surface area is 118 Å². The molecule has 5 heteroatoms. The van der Waals surface area contributed by atoms with Gasteiger partial charge in [-0.05, 0) is 25.2 Å². The summed E-state index contributed by atoms with van der Waals surface area (Å²) in [7, 11) is 3.72. The number of amides is 1. The van der Waals surface area contributed by atoms with Crippen molar-refractivity contribution in [2.45, 2.75) is 0 Å². The molecular formula is C15H19N3O2. The predicted molar refractivity (Wildman–Crippen MR) is 78.3 cm³/mol. The molecule has 2 aromatic rings. The number of aromatic amines is 1. The fraction of sp³-hybridized carbons (Fsp3) is 0.400. The molecule has 20 heavy (non-hydrogen) atoms. The van der Waals surface area contributed by atoms with E-state index in [0.29, 0.717) is 5.69 Å². The van der Waals surface area contributed by atoms with E-state index >= 15 is 0 Å². The molecule has 1 amide bonds. The zero-order chi connectivity index (χ0) is 14.1. The molecular weight excluding hydrogens is 254 g/mol. The highest BCUT2D eigenvalue weighted by atomic mass is 16.5. The lowest BCUT2D eigenvalue weighted by atomic mass is 10.2. The van der Waals surface area contributed by atoms with Crippen molar-refractivity contribution in [3.8, 4) is 5.75 Å². The van der Waals surface area contributed by atoms with Gasteiger partial charge in [0, 0.05) is 43.1 Å². The molecule has 0 bridgehead atoms. The van der Waals surface area contributed by atoms with E-state index in [9.17, 15) is 4.79 Å². The maximum absolute atomic E-state index is 12.5. The summed E-state index contributed by atoms with van der Waals surface area (Å²) in [6.07, 6.45) is 0. The first-order chi connectivity index (χ1) is 9.67. The van der Waals surface area contributed by atoms with Gasteiger partial charge < -0.3 is 19.5 Å². The maximum Gasteiger partial charge on any atom is 0.270 e. The van der Waals surface area contributed by atoms with Gasteiger partial charge in [0.2, 0.25) is 0 Å². The van der Waals surface area contributed by atoms with E-state index in [1.807, 2.05) is 29.2 Å². The number of fused-ring (bicyclic) bond motifs is 1. The molecule has 1 aromatic heterocycles. The third-order valence-corrected chi connectivity index (χ3v) is 3.85. The van der Waals surface area contributed by atoms with Gasteiger partial charge in [0.15, 0.2) is 0 Å². The zero-order valence-electron chi connectivity index (χ0n) is 11.8. The Morgan fingerprint density at radius 1 is 1.20 bits per heavy atom. The fourth-order valence-electron chi connectivity index (χ4n) is 2.53. The van der Waals surface area contributed by atoms with Crippen molar-refractivity contribution < 1.29 is 9.53 Å². The van der Waals surface area contributed by atoms with E-state index in [1.165, 1.54) is 0 Å². The largest absolute Gasteiger partial charge is 0.497 e. The Morgan fingerprint density at radius 2 is 1.95 bits per heavy atom. The smallest absolute Gasteiger partial charge is 0.270 e. The Balaban J connectivity index is 1.84. The summed E-state index contributed by atoms with van der Waals surface area (Å²) in [5.74, 6) is 0.867. The molecule has 0 atom stereocenters. The van der Waals surface area contributed by atoms with E-state index in [1.54, 1.807) is 7.11 Å². The van der Waals surface area contributed by atoms with Gasteiger partial charge in [0.1, 0.15) is 11.4 Å². The minimum atomic E-state index is 0.0771. The van der Waals surface area contributed by atoms with Crippen LogP contribution in [0.5, 0.6) is 5.75 Å². The highest BCUT2D eigenvalue weighted by molar-refractivity contribution is 5.98. The molecule has 3 rings (SSSR count). The average molecular weight is 273 g/mol. The molecule has 106 valence electrons. The van der Waals surface area contributed by atoms with Crippen molar-refractivity contribution >= 4 is 16.8 Å². The number of piperazine rings is 1. The number of rotatable bonds is 2. The van der Waals surface area contributed by atoms with Gasteiger partial charge in [-0.1, -0.05) is 0 Å². The topological polar surface area (TPSA) is 48.6 Å². The van der Waals surface area contributed by atoms with Gasteiger partial charge in [-0.15, -0.1) is 0 Å². The van der Waals surface area contributed by atoms with Crippen LogP contribution in [0.2, 0.25) is 0 Å². The highest BCUT2D eigenvalue weighted by Crippen LogP contribution is 2.22. The van der Waals surface area contributed by atoms with Crippen LogP contribution in [0, 0.1) is 0 Å². The highest BCUT2D eigenvalue weighted by Gasteiger charge is 2.21. The number of carbonyl (C=O) groups is 1. The minimum Gasteiger partial charge on any atom is -0.497 e. The second-order valence-corrected chi connectivity index (χ2v) is 5.23. The molecule has 0 spiro atoms. The summed E-state index contributed by atoms with van der Waals surface area (Å²) in [6.45, 7) is 3.43. The summed E-state index contributed by atoms with van der Waals surface area (Å²) in [6, 6.07) is 7.69. The molecule has 1 fully saturated rings. The van der Waals surface area contributed by atoms with E-state index < -0.39 is 0 Å². The van der Waals surface area contributed by atoms with Crippen molar-refractivity contribution in [2.24, 2.45) is 0 Å². The number of likely N-dealkylation sites (N-methyl/N-ethyl adjacent to an activating group) is 1. The normalized spacial score (nSPS) is 16.6. The first kappa shape index (κ1) is 13.0. The van der Waals surface area contributed by atoms with E-state index in [4.69, 9.17) is 4.74 Å². The number of nitrogens with zero attached hydrogens (tertiary/aromatic N) is 2. The molecule has 0 saturated carbocycles. The number of benzene rings is 1. The van der Waals surface area contributed by atoms with Gasteiger partial charge in [-0.2, -0.15) is 0 Å². The third-order valence-electron chi connectivity index (χ3n) is 3.85. The van der Waals surface area contributed by atoms with Gasteiger partial charge in [0.25, 0.3) is 5.91 Å². The fourth-order valence-corrected chi connectivity index (χ4v) is 2.53. The van der Waals surface area contributed by atoms with E-state index in [2.05, 4.69) is 16.9 Å². The van der Waals surface area contributed by atoms with Crippen molar-refractivity contribution in [3.63, 3.8) is 0 Å². The predicted octanol–water partition coefficient (Wildman–Crippen LogP) is 1.56. The number of ether oxygens (including phenoxy) is 1. The van der Waals surface area contributed by atoms with Crippen LogP contribution in [-0.2, 0) is 0 Å². The summed E-state index contributed by atoms with van der Waals surface area (Å²) in [4.78, 5) is 19.8. The number of methoxy groups -OCH3 is 1. The van der Waals surface area contributed by atoms with Crippen LogP contribution < -0.4 is 4.74 Å². The summed E-state index contributed by atoms with van der Waals surface area (Å²) in [5, 5.41) is 1.03. The molecule has 1 N–H and O–H groups in total. The molecule has 0 unspecified atom stereocenters. The monoisotopic (exact) mass is 273 g/mol. The molecule has 1 aliphatic heterocycles. The molecule has 5 nitrogen and oxygen atoms in total. The second-order valence-electron chi connectivity index (χ2n) is 5.23. The molecule has 0 aliphatic carbocycles. The second kappa shape index (κ2) is 5.17. The SMILES string of the molecule is COc1ccc2cc(C(=O)N3CCN(C)CC3)[nH]c2c1. The molecule has 0 radical (unpaired) electrons. The van der Waals surface area contributed by atoms with Gasteiger partial charge in [-0.25, -0.2) is 0 Å². The summed E-state index contributed by atoms with van der Waals surface area (Å²) >= 11 is 0. The standard InChI is InChI=1S/C15H19N3O2/c1-17-5-7-18(8-6-17)15(19)14-9-11-3-4-12(20-2)10-13(11)16-14/h3-4,9-10,16H,5-8H2,1-2H3. The van der Waals surface area contributed by atoms with Crippen LogP contribution in [0.1, 0.15) is 10.5 Å². The van der Waals surface area contributed by atoms with E-state index in [-0.39, 0.29) is 5.91 Å². The Morgan fingerprint density at radius 3 is 2.65 bits per heavy atom. The van der Waals surface area contributed by atoms with Crippen LogP contribution in [0.25, 0.3) is 10.9 Å². The number of aromatic nitrogens is 1. The lowest BCUT2D eigenvalue weighted by Gasteiger charge is -2.32. The Bertz CT molecular complexity index is 627. The van der Waals surface area contributed by atoms with Gasteiger partial charge in [-0.3, -0.25) is 4.79 Å². The lowest BCUT2D eigenvalue weighted by Crippen LogP contribution is -2.47. The van der Waals surface area contributed by atoms with Crippen molar-refractivity contribution in [1.29, 1.82) is 0 Å². The first-order valence-corrected chi connectivity index (χ1v) is 6.82. The average Bonchev–Trinajstić information content (AvgIpc) is 2.90. The Kier molecular flexibility index (Phi) is 3.36. The van der Waals surface area contributed by atoms with Crippen LogP contribution in [-0.4, -0.2) is 61.0 Å². The zero-order valence-corrected chi connectivity index (χ0v) is 11.8. The number of hydrogen-bond acceptors (Lipinski definition) is 3. The molecule has 1 saturated heterocycles. The molecule has 1 aliphatic rings. The maximum atomic E-state index is 12.5.